The third-order valence-electron chi connectivity index (χ3n) is 2.49. The van der Waals surface area contributed by atoms with Crippen molar-refractivity contribution in [2.24, 2.45) is 0 Å². The summed E-state index contributed by atoms with van der Waals surface area (Å²) in [5.41, 5.74) is -2.53. The summed E-state index contributed by atoms with van der Waals surface area (Å²) < 4.78 is 0. The molecule has 0 aliphatic rings. The lowest BCUT2D eigenvalue weighted by atomic mass is 9.93. The van der Waals surface area contributed by atoms with Gasteiger partial charge in [-0.3, -0.25) is 9.59 Å². The van der Waals surface area contributed by atoms with E-state index in [1.54, 1.807) is 0 Å². The van der Waals surface area contributed by atoms with E-state index in [0.29, 0.717) is 5.56 Å². The highest BCUT2D eigenvalue weighted by molar-refractivity contribution is 6.14. The average molecular weight is 280 g/mol. The molecule has 0 spiro atoms. The first-order valence-corrected chi connectivity index (χ1v) is 5.45. The van der Waals surface area contributed by atoms with Crippen LogP contribution in [-0.2, 0) is 14.4 Å². The van der Waals surface area contributed by atoms with Gasteiger partial charge in [-0.15, -0.1) is 0 Å². The number of carboxylic acid groups (broad SMARTS) is 2. The van der Waals surface area contributed by atoms with E-state index in [-0.39, 0.29) is 5.75 Å². The Morgan fingerprint density at radius 3 is 2.10 bits per heavy atom. The van der Waals surface area contributed by atoms with Gasteiger partial charge in [0.2, 0.25) is 5.60 Å². The van der Waals surface area contributed by atoms with Gasteiger partial charge in [-0.1, -0.05) is 18.2 Å². The molecular weight excluding hydrogens is 268 g/mol. The van der Waals surface area contributed by atoms with Crippen LogP contribution >= 0.6 is 0 Å². The van der Waals surface area contributed by atoms with Crippen molar-refractivity contribution in [1.29, 1.82) is 0 Å². The van der Waals surface area contributed by atoms with E-state index in [9.17, 15) is 19.5 Å². The van der Waals surface area contributed by atoms with Crippen LogP contribution in [0.1, 0.15) is 12.0 Å². The van der Waals surface area contributed by atoms with Crippen LogP contribution < -0.4 is 0 Å². The number of rotatable bonds is 6. The number of benzene rings is 1. The Kier molecular flexibility index (Phi) is 4.60. The number of phenols is 1. The molecule has 0 fully saturated rings. The van der Waals surface area contributed by atoms with Crippen molar-refractivity contribution in [3.63, 3.8) is 0 Å². The standard InChI is InChI=1S/C13H12O7/c14-9-4-1-8(2-5-9)3-6-10(15)13(20,12(18)19)7-11(16)17/h1-6,14,20H,7H2,(H,16,17)(H,18,19). The van der Waals surface area contributed by atoms with Gasteiger partial charge in [0, 0.05) is 0 Å². The first-order chi connectivity index (χ1) is 9.25. The molecule has 0 radical (unpaired) electrons. The predicted molar refractivity (Wildman–Crippen MR) is 67.0 cm³/mol. The first kappa shape index (κ1) is 15.4. The van der Waals surface area contributed by atoms with Gasteiger partial charge < -0.3 is 20.4 Å². The highest BCUT2D eigenvalue weighted by Gasteiger charge is 2.44. The largest absolute Gasteiger partial charge is 0.508 e. The Labute approximate surface area is 113 Å². The van der Waals surface area contributed by atoms with E-state index >= 15 is 0 Å². The monoisotopic (exact) mass is 280 g/mol. The minimum Gasteiger partial charge on any atom is -0.508 e. The molecule has 1 rings (SSSR count). The van der Waals surface area contributed by atoms with E-state index in [0.717, 1.165) is 6.08 Å². The SMILES string of the molecule is O=C(O)CC(O)(C(=O)O)C(=O)C=Cc1ccc(O)cc1. The second-order valence-electron chi connectivity index (χ2n) is 4.03. The van der Waals surface area contributed by atoms with Crippen molar-refractivity contribution < 1.29 is 34.8 Å². The van der Waals surface area contributed by atoms with Crippen LogP contribution in [0.15, 0.2) is 30.3 Å². The van der Waals surface area contributed by atoms with Crippen LogP contribution in [0.25, 0.3) is 6.08 Å². The molecule has 0 amide bonds. The summed E-state index contributed by atoms with van der Waals surface area (Å²) in [4.78, 5) is 33.0. The molecule has 0 saturated carbocycles. The van der Waals surface area contributed by atoms with Crippen molar-refractivity contribution in [2.75, 3.05) is 0 Å². The molecule has 0 saturated heterocycles. The van der Waals surface area contributed by atoms with E-state index in [1.165, 1.54) is 30.3 Å². The fourth-order valence-corrected chi connectivity index (χ4v) is 1.38. The minimum absolute atomic E-state index is 0.0152. The third kappa shape index (κ3) is 3.66. The van der Waals surface area contributed by atoms with Gasteiger partial charge in [0.05, 0.1) is 6.42 Å². The van der Waals surface area contributed by atoms with Crippen LogP contribution in [0.5, 0.6) is 5.75 Å². The van der Waals surface area contributed by atoms with Crippen molar-refractivity contribution in [1.82, 2.24) is 0 Å². The molecule has 4 N–H and O–H groups in total. The van der Waals surface area contributed by atoms with E-state index < -0.39 is 29.7 Å². The van der Waals surface area contributed by atoms with Crippen LogP contribution in [-0.4, -0.2) is 43.7 Å². The molecule has 0 aromatic heterocycles. The summed E-state index contributed by atoms with van der Waals surface area (Å²) in [5.74, 6) is -4.77. The van der Waals surface area contributed by atoms with Crippen LogP contribution in [0, 0.1) is 0 Å². The molecule has 106 valence electrons. The zero-order valence-electron chi connectivity index (χ0n) is 10.2. The first-order valence-electron chi connectivity index (χ1n) is 5.45. The maximum atomic E-state index is 11.7. The van der Waals surface area contributed by atoms with Gasteiger partial charge in [0.15, 0.2) is 5.78 Å². The van der Waals surface area contributed by atoms with Crippen molar-refractivity contribution >= 4 is 23.8 Å². The van der Waals surface area contributed by atoms with Gasteiger partial charge in [-0.25, -0.2) is 4.79 Å². The normalized spacial score (nSPS) is 13.8. The van der Waals surface area contributed by atoms with Crippen molar-refractivity contribution in [2.45, 2.75) is 12.0 Å². The number of aliphatic carboxylic acids is 2. The second-order valence-corrected chi connectivity index (χ2v) is 4.03. The fourth-order valence-electron chi connectivity index (χ4n) is 1.38. The summed E-state index contributed by atoms with van der Waals surface area (Å²) in [6, 6.07) is 5.61. The molecule has 0 heterocycles. The molecule has 20 heavy (non-hydrogen) atoms. The molecular formula is C13H12O7. The molecule has 0 aliphatic heterocycles. The number of carbonyl (C=O) groups is 3. The molecule has 7 heteroatoms. The quantitative estimate of drug-likeness (QED) is 0.434. The van der Waals surface area contributed by atoms with Crippen molar-refractivity contribution in [3.05, 3.63) is 35.9 Å². The number of phenolic OH excluding ortho intramolecular Hbond substituents is 1. The number of aromatic hydroxyl groups is 1. The van der Waals surface area contributed by atoms with Gasteiger partial charge in [0.25, 0.3) is 0 Å². The Balaban J connectivity index is 2.94. The molecule has 7 nitrogen and oxygen atoms in total. The Morgan fingerprint density at radius 1 is 1.10 bits per heavy atom. The molecule has 0 aliphatic carbocycles. The summed E-state index contributed by atoms with van der Waals surface area (Å²) in [7, 11) is 0. The summed E-state index contributed by atoms with van der Waals surface area (Å²) in [5, 5.41) is 36.0. The molecule has 1 aromatic rings. The lowest BCUT2D eigenvalue weighted by Crippen LogP contribution is -2.47. The maximum absolute atomic E-state index is 11.7. The summed E-state index contributed by atoms with van der Waals surface area (Å²) in [6.07, 6.45) is 0.752. The molecule has 1 unspecified atom stereocenters. The van der Waals surface area contributed by atoms with Gasteiger partial charge >= 0.3 is 11.9 Å². The predicted octanol–water partition coefficient (Wildman–Crippen LogP) is 0.265. The summed E-state index contributed by atoms with van der Waals surface area (Å²) in [6.45, 7) is 0. The third-order valence-corrected chi connectivity index (χ3v) is 2.49. The lowest BCUT2D eigenvalue weighted by molar-refractivity contribution is -0.169. The Morgan fingerprint density at radius 2 is 1.65 bits per heavy atom. The minimum atomic E-state index is -3.00. The zero-order chi connectivity index (χ0) is 15.3. The number of hydrogen-bond acceptors (Lipinski definition) is 5. The van der Waals surface area contributed by atoms with Crippen molar-refractivity contribution in [3.8, 4) is 5.75 Å². The van der Waals surface area contributed by atoms with Crippen LogP contribution in [0.4, 0.5) is 0 Å². The number of ketones is 1. The zero-order valence-corrected chi connectivity index (χ0v) is 10.2. The maximum Gasteiger partial charge on any atom is 0.344 e. The van der Waals surface area contributed by atoms with Gasteiger partial charge in [-0.2, -0.15) is 0 Å². The van der Waals surface area contributed by atoms with Crippen LogP contribution in [0.2, 0.25) is 0 Å². The highest BCUT2D eigenvalue weighted by Crippen LogP contribution is 2.16. The number of aliphatic hydroxyl groups is 1. The molecule has 1 atom stereocenters. The highest BCUT2D eigenvalue weighted by atomic mass is 16.4. The topological polar surface area (TPSA) is 132 Å². The van der Waals surface area contributed by atoms with E-state index in [2.05, 4.69) is 0 Å². The van der Waals surface area contributed by atoms with Gasteiger partial charge in [0.1, 0.15) is 5.75 Å². The Hall–Kier alpha value is -2.67. The number of carbonyl (C=O) groups excluding carboxylic acids is 1. The molecule has 1 aromatic carbocycles. The number of hydrogen-bond donors (Lipinski definition) is 4. The fraction of sp³-hybridized carbons (Fsp3) is 0.154. The second kappa shape index (κ2) is 5.98. The lowest BCUT2D eigenvalue weighted by Gasteiger charge is -2.17. The van der Waals surface area contributed by atoms with Crippen LogP contribution in [0.3, 0.4) is 0 Å². The number of carboxylic acids is 2. The average Bonchev–Trinajstić information content (AvgIpc) is 2.36. The molecule has 0 bridgehead atoms. The van der Waals surface area contributed by atoms with E-state index in [4.69, 9.17) is 15.3 Å². The Bertz CT molecular complexity index is 559. The van der Waals surface area contributed by atoms with E-state index in [1.807, 2.05) is 0 Å². The summed E-state index contributed by atoms with van der Waals surface area (Å²) >= 11 is 0. The van der Waals surface area contributed by atoms with Gasteiger partial charge in [-0.05, 0) is 23.8 Å². The smallest absolute Gasteiger partial charge is 0.344 e.